The van der Waals surface area contributed by atoms with Crippen molar-refractivity contribution in [2.75, 3.05) is 57.4 Å². The zero-order valence-electron chi connectivity index (χ0n) is 13.6. The normalized spacial score (nSPS) is 21.3. The number of hydrogen-bond donors (Lipinski definition) is 0. The number of carbonyl (C=O) groups is 1. The average molecular weight is 338 g/mol. The van der Waals surface area contributed by atoms with Crippen LogP contribution in [0.5, 0.6) is 0 Å². The summed E-state index contributed by atoms with van der Waals surface area (Å²) in [5.41, 5.74) is 1.20. The Labute approximate surface area is 142 Å². The molecule has 1 unspecified atom stereocenters. The van der Waals surface area contributed by atoms with E-state index in [0.717, 1.165) is 31.2 Å². The van der Waals surface area contributed by atoms with Crippen LogP contribution in [0, 0.1) is 0 Å². The highest BCUT2D eigenvalue weighted by Gasteiger charge is 2.29. The molecule has 2 aliphatic heterocycles. The summed E-state index contributed by atoms with van der Waals surface area (Å²) < 4.78 is 5.32. The Morgan fingerprint density at radius 3 is 2.26 bits per heavy atom. The van der Waals surface area contributed by atoms with E-state index in [0.29, 0.717) is 26.3 Å². The third-order valence-electron chi connectivity index (χ3n) is 4.73. The minimum Gasteiger partial charge on any atom is -0.378 e. The molecule has 23 heavy (non-hydrogen) atoms. The van der Waals surface area contributed by atoms with Gasteiger partial charge in [0.1, 0.15) is 0 Å². The van der Waals surface area contributed by atoms with Gasteiger partial charge >= 0.3 is 0 Å². The van der Waals surface area contributed by atoms with Crippen LogP contribution in [0.1, 0.15) is 6.92 Å². The van der Waals surface area contributed by atoms with E-state index in [1.807, 2.05) is 24.0 Å². The number of hydrogen-bond acceptors (Lipinski definition) is 4. The highest BCUT2D eigenvalue weighted by Crippen LogP contribution is 2.20. The van der Waals surface area contributed by atoms with Gasteiger partial charge in [0.05, 0.1) is 19.3 Å². The number of anilines is 1. The van der Waals surface area contributed by atoms with Crippen molar-refractivity contribution in [3.63, 3.8) is 0 Å². The summed E-state index contributed by atoms with van der Waals surface area (Å²) in [5, 5.41) is 0.761. The molecule has 2 fully saturated rings. The quantitative estimate of drug-likeness (QED) is 0.841. The van der Waals surface area contributed by atoms with E-state index in [-0.39, 0.29) is 11.9 Å². The van der Waals surface area contributed by atoms with E-state index in [2.05, 4.69) is 21.9 Å². The van der Waals surface area contributed by atoms with Crippen molar-refractivity contribution in [1.29, 1.82) is 0 Å². The standard InChI is InChI=1S/C17H24ClN3O2/c1-14(17(22)21-10-12-23-13-11-21)19-6-8-20(9-7-19)16-4-2-15(18)3-5-16/h2-5,14H,6-13H2,1H3. The molecule has 0 aliphatic carbocycles. The zero-order valence-corrected chi connectivity index (χ0v) is 14.3. The van der Waals surface area contributed by atoms with Crippen LogP contribution >= 0.6 is 11.6 Å². The second-order valence-corrected chi connectivity index (χ2v) is 6.55. The van der Waals surface area contributed by atoms with Crippen molar-refractivity contribution in [1.82, 2.24) is 9.80 Å². The first kappa shape index (κ1) is 16.6. The first-order chi connectivity index (χ1) is 11.1. The maximum Gasteiger partial charge on any atom is 0.239 e. The highest BCUT2D eigenvalue weighted by molar-refractivity contribution is 6.30. The molecule has 2 saturated heterocycles. The first-order valence-electron chi connectivity index (χ1n) is 8.26. The lowest BCUT2D eigenvalue weighted by Gasteiger charge is -2.40. The van der Waals surface area contributed by atoms with E-state index < -0.39 is 0 Å². The zero-order chi connectivity index (χ0) is 16.2. The molecule has 6 heteroatoms. The summed E-state index contributed by atoms with van der Waals surface area (Å²) >= 11 is 5.95. The first-order valence-corrected chi connectivity index (χ1v) is 8.64. The summed E-state index contributed by atoms with van der Waals surface area (Å²) in [6, 6.07) is 7.91. The SMILES string of the molecule is CC(C(=O)N1CCOCC1)N1CCN(c2ccc(Cl)cc2)CC1. The minimum absolute atomic E-state index is 0.0551. The Morgan fingerprint density at radius 1 is 1.04 bits per heavy atom. The van der Waals surface area contributed by atoms with Crippen LogP contribution in [0.4, 0.5) is 5.69 Å². The predicted molar refractivity (Wildman–Crippen MR) is 92.1 cm³/mol. The molecule has 5 nitrogen and oxygen atoms in total. The summed E-state index contributed by atoms with van der Waals surface area (Å²) in [4.78, 5) is 19.1. The molecule has 3 rings (SSSR count). The van der Waals surface area contributed by atoms with Crippen molar-refractivity contribution in [2.45, 2.75) is 13.0 Å². The summed E-state index contributed by atoms with van der Waals surface area (Å²) in [6.45, 7) is 8.44. The van der Waals surface area contributed by atoms with Crippen molar-refractivity contribution in [3.05, 3.63) is 29.3 Å². The van der Waals surface area contributed by atoms with Crippen molar-refractivity contribution < 1.29 is 9.53 Å². The number of ether oxygens (including phenoxy) is 1. The lowest BCUT2D eigenvalue weighted by Crippen LogP contribution is -2.56. The third-order valence-corrected chi connectivity index (χ3v) is 4.99. The number of benzene rings is 1. The molecule has 0 aromatic heterocycles. The highest BCUT2D eigenvalue weighted by atomic mass is 35.5. The molecule has 2 aliphatic rings. The van der Waals surface area contributed by atoms with Crippen LogP contribution < -0.4 is 4.90 Å². The second-order valence-electron chi connectivity index (χ2n) is 6.11. The van der Waals surface area contributed by atoms with Crippen molar-refractivity contribution >= 4 is 23.2 Å². The van der Waals surface area contributed by atoms with Crippen molar-refractivity contribution in [3.8, 4) is 0 Å². The van der Waals surface area contributed by atoms with Gasteiger partial charge in [-0.05, 0) is 31.2 Å². The Bertz CT molecular complexity index is 523. The van der Waals surface area contributed by atoms with E-state index in [9.17, 15) is 4.79 Å². The molecule has 2 heterocycles. The fraction of sp³-hybridized carbons (Fsp3) is 0.588. The summed E-state index contributed by atoms with van der Waals surface area (Å²) in [5.74, 6) is 0.230. The molecule has 0 spiro atoms. The van der Waals surface area contributed by atoms with Gasteiger partial charge in [0.2, 0.25) is 5.91 Å². The van der Waals surface area contributed by atoms with Gasteiger partial charge in [-0.3, -0.25) is 9.69 Å². The van der Waals surface area contributed by atoms with E-state index >= 15 is 0 Å². The molecular formula is C17H24ClN3O2. The average Bonchev–Trinajstić information content (AvgIpc) is 2.62. The fourth-order valence-corrected chi connectivity index (χ4v) is 3.35. The van der Waals surface area contributed by atoms with Crippen LogP contribution in [-0.4, -0.2) is 74.2 Å². The number of nitrogens with zero attached hydrogens (tertiary/aromatic N) is 3. The van der Waals surface area contributed by atoms with Crippen LogP contribution in [0.25, 0.3) is 0 Å². The van der Waals surface area contributed by atoms with E-state index in [1.54, 1.807) is 0 Å². The Hall–Kier alpha value is -1.30. The number of halogens is 1. The largest absolute Gasteiger partial charge is 0.378 e. The molecule has 1 aromatic carbocycles. The molecule has 126 valence electrons. The van der Waals surface area contributed by atoms with Gasteiger partial charge < -0.3 is 14.5 Å². The van der Waals surface area contributed by atoms with Gasteiger partial charge in [0.25, 0.3) is 0 Å². The monoisotopic (exact) mass is 337 g/mol. The summed E-state index contributed by atoms with van der Waals surface area (Å²) in [6.07, 6.45) is 0. The Morgan fingerprint density at radius 2 is 1.65 bits per heavy atom. The Balaban J connectivity index is 1.53. The number of amides is 1. The smallest absolute Gasteiger partial charge is 0.239 e. The van der Waals surface area contributed by atoms with Gasteiger partial charge in [0, 0.05) is 50.0 Å². The molecule has 0 bridgehead atoms. The van der Waals surface area contributed by atoms with Gasteiger partial charge in [-0.1, -0.05) is 11.6 Å². The molecule has 1 atom stereocenters. The molecule has 0 radical (unpaired) electrons. The Kier molecular flexibility index (Phi) is 5.41. The van der Waals surface area contributed by atoms with Crippen molar-refractivity contribution in [2.24, 2.45) is 0 Å². The number of rotatable bonds is 3. The van der Waals surface area contributed by atoms with Gasteiger partial charge in [-0.15, -0.1) is 0 Å². The third kappa shape index (κ3) is 3.97. The summed E-state index contributed by atoms with van der Waals surface area (Å²) in [7, 11) is 0. The fourth-order valence-electron chi connectivity index (χ4n) is 3.22. The predicted octanol–water partition coefficient (Wildman–Crippen LogP) is 1.71. The molecule has 1 aromatic rings. The van der Waals surface area contributed by atoms with Crippen LogP contribution in [0.15, 0.2) is 24.3 Å². The molecule has 0 N–H and O–H groups in total. The number of piperazine rings is 1. The minimum atomic E-state index is -0.0551. The molecular weight excluding hydrogens is 314 g/mol. The number of carbonyl (C=O) groups excluding carboxylic acids is 1. The van der Waals surface area contributed by atoms with E-state index in [4.69, 9.17) is 16.3 Å². The van der Waals surface area contributed by atoms with Crippen LogP contribution in [0.3, 0.4) is 0 Å². The van der Waals surface area contributed by atoms with Gasteiger partial charge in [0.15, 0.2) is 0 Å². The van der Waals surface area contributed by atoms with Gasteiger partial charge in [-0.25, -0.2) is 0 Å². The van der Waals surface area contributed by atoms with E-state index in [1.165, 1.54) is 5.69 Å². The lowest BCUT2D eigenvalue weighted by molar-refractivity contribution is -0.140. The number of morpholine rings is 1. The maximum atomic E-state index is 12.6. The van der Waals surface area contributed by atoms with Gasteiger partial charge in [-0.2, -0.15) is 0 Å². The van der Waals surface area contributed by atoms with Crippen LogP contribution in [-0.2, 0) is 9.53 Å². The lowest BCUT2D eigenvalue weighted by atomic mass is 10.2. The maximum absolute atomic E-state index is 12.6. The van der Waals surface area contributed by atoms with Crippen LogP contribution in [0.2, 0.25) is 5.02 Å². The molecule has 0 saturated carbocycles. The second kappa shape index (κ2) is 7.51. The molecule has 1 amide bonds. The topological polar surface area (TPSA) is 36.0 Å².